The van der Waals surface area contributed by atoms with E-state index >= 15 is 0 Å². The molecule has 23 heavy (non-hydrogen) atoms. The van der Waals surface area contributed by atoms with Gasteiger partial charge in [0.25, 0.3) is 0 Å². The standard InChI is InChI=1S/C16H16ClN3O2S/c17-13-7-4-9-18-15(13)23-10-8-14(21)20-16(22)19-11-12-5-2-1-3-6-12/h1-7,9H,8,10-11H2,(H2,19,20,21,22). The molecule has 1 heterocycles. The molecule has 0 atom stereocenters. The van der Waals surface area contributed by atoms with Gasteiger partial charge in [0.1, 0.15) is 5.03 Å². The van der Waals surface area contributed by atoms with Crippen LogP contribution in [-0.2, 0) is 11.3 Å². The third kappa shape index (κ3) is 6.30. The Morgan fingerprint density at radius 1 is 1.13 bits per heavy atom. The van der Waals surface area contributed by atoms with E-state index in [9.17, 15) is 9.59 Å². The minimum Gasteiger partial charge on any atom is -0.334 e. The van der Waals surface area contributed by atoms with Crippen molar-refractivity contribution < 1.29 is 9.59 Å². The van der Waals surface area contributed by atoms with Gasteiger partial charge in [-0.15, -0.1) is 11.8 Å². The lowest BCUT2D eigenvalue weighted by Gasteiger charge is -2.07. The highest BCUT2D eigenvalue weighted by atomic mass is 35.5. The Bertz CT molecular complexity index is 667. The van der Waals surface area contributed by atoms with E-state index in [-0.39, 0.29) is 12.3 Å². The van der Waals surface area contributed by atoms with Crippen LogP contribution in [0, 0.1) is 0 Å². The molecule has 0 aliphatic carbocycles. The third-order valence-corrected chi connectivity index (χ3v) is 4.27. The van der Waals surface area contributed by atoms with Crippen molar-refractivity contribution in [1.29, 1.82) is 0 Å². The largest absolute Gasteiger partial charge is 0.334 e. The number of rotatable bonds is 6. The molecular weight excluding hydrogens is 334 g/mol. The molecule has 2 N–H and O–H groups in total. The molecule has 7 heteroatoms. The predicted molar refractivity (Wildman–Crippen MR) is 91.4 cm³/mol. The zero-order valence-corrected chi connectivity index (χ0v) is 13.9. The molecule has 5 nitrogen and oxygen atoms in total. The van der Waals surface area contributed by atoms with E-state index in [2.05, 4.69) is 15.6 Å². The molecule has 0 fully saturated rings. The quantitative estimate of drug-likeness (QED) is 0.785. The van der Waals surface area contributed by atoms with E-state index in [0.29, 0.717) is 22.3 Å². The van der Waals surface area contributed by atoms with Crippen LogP contribution in [0.15, 0.2) is 53.7 Å². The minimum absolute atomic E-state index is 0.205. The van der Waals surface area contributed by atoms with Crippen molar-refractivity contribution in [2.45, 2.75) is 18.0 Å². The normalized spacial score (nSPS) is 10.1. The number of thioether (sulfide) groups is 1. The molecule has 0 aliphatic heterocycles. The maximum Gasteiger partial charge on any atom is 0.321 e. The molecule has 0 unspecified atom stereocenters. The van der Waals surface area contributed by atoms with Crippen LogP contribution in [0.4, 0.5) is 4.79 Å². The number of urea groups is 1. The second-order valence-corrected chi connectivity index (χ2v) is 6.10. The summed E-state index contributed by atoms with van der Waals surface area (Å²) in [5, 5.41) is 6.16. The molecule has 0 saturated heterocycles. The van der Waals surface area contributed by atoms with Crippen molar-refractivity contribution in [2.24, 2.45) is 0 Å². The van der Waals surface area contributed by atoms with E-state index in [4.69, 9.17) is 11.6 Å². The molecule has 3 amide bonds. The second kappa shape index (κ2) is 9.17. The van der Waals surface area contributed by atoms with E-state index in [1.54, 1.807) is 18.3 Å². The average molecular weight is 350 g/mol. The Balaban J connectivity index is 1.66. The highest BCUT2D eigenvalue weighted by molar-refractivity contribution is 7.99. The molecule has 2 rings (SSSR count). The summed E-state index contributed by atoms with van der Waals surface area (Å²) in [6, 6.07) is 12.5. The van der Waals surface area contributed by atoms with Crippen LogP contribution in [0.25, 0.3) is 0 Å². The highest BCUT2D eigenvalue weighted by Crippen LogP contribution is 2.24. The van der Waals surface area contributed by atoms with Crippen LogP contribution in [0.5, 0.6) is 0 Å². The average Bonchev–Trinajstić information content (AvgIpc) is 2.56. The Kier molecular flexibility index (Phi) is 6.90. The number of carbonyl (C=O) groups excluding carboxylic acids is 2. The lowest BCUT2D eigenvalue weighted by molar-refractivity contribution is -0.119. The van der Waals surface area contributed by atoms with E-state index in [1.807, 2.05) is 30.3 Å². The van der Waals surface area contributed by atoms with E-state index in [1.165, 1.54) is 11.8 Å². The highest BCUT2D eigenvalue weighted by Gasteiger charge is 2.08. The van der Waals surface area contributed by atoms with E-state index in [0.717, 1.165) is 5.56 Å². The fourth-order valence-electron chi connectivity index (χ4n) is 1.73. The van der Waals surface area contributed by atoms with Gasteiger partial charge in [-0.2, -0.15) is 0 Å². The van der Waals surface area contributed by atoms with Crippen LogP contribution in [0.1, 0.15) is 12.0 Å². The molecule has 0 bridgehead atoms. The molecule has 1 aromatic carbocycles. The molecule has 0 radical (unpaired) electrons. The topological polar surface area (TPSA) is 71.1 Å². The Labute approximate surface area is 143 Å². The summed E-state index contributed by atoms with van der Waals surface area (Å²) in [5.74, 6) is 0.157. The lowest BCUT2D eigenvalue weighted by atomic mass is 10.2. The molecule has 2 aromatic rings. The van der Waals surface area contributed by atoms with Crippen molar-refractivity contribution >= 4 is 35.3 Å². The number of hydrogen-bond donors (Lipinski definition) is 2. The van der Waals surface area contributed by atoms with Gasteiger partial charge in [0, 0.05) is 24.9 Å². The predicted octanol–water partition coefficient (Wildman–Crippen LogP) is 3.24. The number of nitrogens with one attached hydrogen (secondary N) is 2. The number of imide groups is 1. The van der Waals surface area contributed by atoms with Gasteiger partial charge in [0.2, 0.25) is 5.91 Å². The van der Waals surface area contributed by atoms with Gasteiger partial charge in [0.15, 0.2) is 0 Å². The number of amides is 3. The van der Waals surface area contributed by atoms with Gasteiger partial charge >= 0.3 is 6.03 Å². The van der Waals surface area contributed by atoms with Crippen LogP contribution in [0.2, 0.25) is 5.02 Å². The molecule has 0 aliphatic rings. The maximum absolute atomic E-state index is 11.7. The molecule has 0 saturated carbocycles. The zero-order valence-electron chi connectivity index (χ0n) is 12.3. The number of halogens is 1. The zero-order chi connectivity index (χ0) is 16.5. The van der Waals surface area contributed by atoms with Crippen LogP contribution in [-0.4, -0.2) is 22.7 Å². The fraction of sp³-hybridized carbons (Fsp3) is 0.188. The number of hydrogen-bond acceptors (Lipinski definition) is 4. The van der Waals surface area contributed by atoms with Gasteiger partial charge in [-0.1, -0.05) is 41.9 Å². The molecule has 1 aromatic heterocycles. The molecule has 0 spiro atoms. The first kappa shape index (κ1) is 17.3. The van der Waals surface area contributed by atoms with Crippen molar-refractivity contribution in [1.82, 2.24) is 15.6 Å². The van der Waals surface area contributed by atoms with Crippen molar-refractivity contribution in [3.63, 3.8) is 0 Å². The molecular formula is C16H16ClN3O2S. The Morgan fingerprint density at radius 2 is 1.91 bits per heavy atom. The van der Waals surface area contributed by atoms with Crippen molar-refractivity contribution in [3.05, 3.63) is 59.2 Å². The Hall–Kier alpha value is -2.05. The summed E-state index contributed by atoms with van der Waals surface area (Å²) in [7, 11) is 0. The van der Waals surface area contributed by atoms with Gasteiger partial charge in [0.05, 0.1) is 5.02 Å². The van der Waals surface area contributed by atoms with E-state index < -0.39 is 6.03 Å². The van der Waals surface area contributed by atoms with Crippen molar-refractivity contribution in [3.8, 4) is 0 Å². The third-order valence-electron chi connectivity index (χ3n) is 2.84. The summed E-state index contributed by atoms with van der Waals surface area (Å²) in [6.45, 7) is 0.373. The van der Waals surface area contributed by atoms with Crippen LogP contribution < -0.4 is 10.6 Å². The van der Waals surface area contributed by atoms with Gasteiger partial charge in [-0.25, -0.2) is 9.78 Å². The number of pyridine rings is 1. The number of nitrogens with zero attached hydrogens (tertiary/aromatic N) is 1. The number of aromatic nitrogens is 1. The van der Waals surface area contributed by atoms with Gasteiger partial charge in [-0.3, -0.25) is 10.1 Å². The maximum atomic E-state index is 11.7. The first-order valence-corrected chi connectivity index (χ1v) is 8.36. The fourth-order valence-corrected chi connectivity index (χ4v) is 2.84. The van der Waals surface area contributed by atoms with Crippen LogP contribution in [0.3, 0.4) is 0 Å². The number of benzene rings is 1. The van der Waals surface area contributed by atoms with Gasteiger partial charge in [-0.05, 0) is 17.7 Å². The van der Waals surface area contributed by atoms with Gasteiger partial charge < -0.3 is 5.32 Å². The second-order valence-electron chi connectivity index (χ2n) is 4.61. The lowest BCUT2D eigenvalue weighted by Crippen LogP contribution is -2.39. The Morgan fingerprint density at radius 3 is 2.65 bits per heavy atom. The van der Waals surface area contributed by atoms with Crippen molar-refractivity contribution in [2.75, 3.05) is 5.75 Å². The first-order chi connectivity index (χ1) is 11.1. The number of carbonyl (C=O) groups is 2. The summed E-state index contributed by atoms with van der Waals surface area (Å²) >= 11 is 7.35. The summed E-state index contributed by atoms with van der Waals surface area (Å²) in [6.07, 6.45) is 1.85. The summed E-state index contributed by atoms with van der Waals surface area (Å²) in [4.78, 5) is 27.5. The minimum atomic E-state index is -0.500. The SMILES string of the molecule is O=C(CCSc1ncccc1Cl)NC(=O)NCc1ccccc1. The summed E-state index contributed by atoms with van der Waals surface area (Å²) in [5.41, 5.74) is 0.968. The monoisotopic (exact) mass is 349 g/mol. The van der Waals surface area contributed by atoms with Crippen LogP contribution >= 0.6 is 23.4 Å². The molecule has 120 valence electrons. The summed E-state index contributed by atoms with van der Waals surface area (Å²) < 4.78 is 0. The first-order valence-electron chi connectivity index (χ1n) is 7.00. The smallest absolute Gasteiger partial charge is 0.321 e.